The van der Waals surface area contributed by atoms with Gasteiger partial charge in [-0.1, -0.05) is 58.9 Å². The highest BCUT2D eigenvalue weighted by atomic mass is 16.3. The molecule has 174 valence electrons. The molecule has 3 aromatic carbocycles. The maximum absolute atomic E-state index is 9.65. The van der Waals surface area contributed by atoms with Gasteiger partial charge in [0.05, 0.1) is 5.69 Å². The lowest BCUT2D eigenvalue weighted by Gasteiger charge is -2.16. The minimum absolute atomic E-state index is 0.280. The highest BCUT2D eigenvalue weighted by Gasteiger charge is 2.13. The van der Waals surface area contributed by atoms with Gasteiger partial charge in [-0.3, -0.25) is 4.99 Å². The topological polar surface area (TPSA) is 58.6 Å². The molecule has 0 bridgehead atoms. The van der Waals surface area contributed by atoms with Gasteiger partial charge < -0.3 is 10.8 Å². The van der Waals surface area contributed by atoms with E-state index in [1.165, 1.54) is 33.4 Å². The van der Waals surface area contributed by atoms with Gasteiger partial charge in [-0.25, -0.2) is 0 Å². The summed E-state index contributed by atoms with van der Waals surface area (Å²) in [5.74, 6) is 0.280. The van der Waals surface area contributed by atoms with E-state index in [4.69, 9.17) is 10.7 Å². The number of nitrogens with two attached hydrogens (primary N) is 1. The number of phenolic OH excluding ortho intramolecular Hbond substituents is 1. The summed E-state index contributed by atoms with van der Waals surface area (Å²) in [4.78, 5) is 5.15. The fourth-order valence-electron chi connectivity index (χ4n) is 4.53. The van der Waals surface area contributed by atoms with Crippen LogP contribution in [0, 0.1) is 0 Å². The molecule has 0 aliphatic rings. The Morgan fingerprint density at radius 3 is 1.61 bits per heavy atom. The largest absolute Gasteiger partial charge is 0.508 e. The maximum Gasteiger partial charge on any atom is 0.115 e. The minimum Gasteiger partial charge on any atom is -0.508 e. The highest BCUT2D eigenvalue weighted by Crippen LogP contribution is 2.31. The normalized spacial score (nSPS) is 11.7. The van der Waals surface area contributed by atoms with Gasteiger partial charge in [0.2, 0.25) is 0 Å². The van der Waals surface area contributed by atoms with Crippen molar-refractivity contribution < 1.29 is 5.11 Å². The Labute approximate surface area is 199 Å². The van der Waals surface area contributed by atoms with Crippen LogP contribution >= 0.6 is 0 Å². The molecule has 3 heteroatoms. The zero-order valence-corrected chi connectivity index (χ0v) is 20.8. The molecular weight excluding hydrogens is 404 g/mol. The van der Waals surface area contributed by atoms with E-state index in [0.717, 1.165) is 61.2 Å². The molecule has 33 heavy (non-hydrogen) atoms. The van der Waals surface area contributed by atoms with E-state index in [2.05, 4.69) is 58.9 Å². The van der Waals surface area contributed by atoms with Crippen molar-refractivity contribution in [3.63, 3.8) is 0 Å². The average molecular weight is 443 g/mol. The van der Waals surface area contributed by atoms with E-state index in [9.17, 15) is 5.11 Å². The van der Waals surface area contributed by atoms with Crippen LogP contribution < -0.4 is 5.73 Å². The summed E-state index contributed by atoms with van der Waals surface area (Å²) in [7, 11) is 0. The Kier molecular flexibility index (Phi) is 8.32. The summed E-state index contributed by atoms with van der Waals surface area (Å²) < 4.78 is 0. The van der Waals surface area contributed by atoms with Gasteiger partial charge in [-0.2, -0.15) is 0 Å². The predicted molar refractivity (Wildman–Crippen MR) is 142 cm³/mol. The van der Waals surface area contributed by atoms with Crippen molar-refractivity contribution in [1.82, 2.24) is 0 Å². The van der Waals surface area contributed by atoms with Crippen molar-refractivity contribution in [1.29, 1.82) is 0 Å². The van der Waals surface area contributed by atoms with E-state index >= 15 is 0 Å². The molecule has 0 saturated carbocycles. The number of aryl methyl sites for hydroxylation is 4. The zero-order chi connectivity index (χ0) is 24.0. The Bertz CT molecular complexity index is 1080. The Balaban J connectivity index is 2.04. The molecule has 0 saturated heterocycles. The third kappa shape index (κ3) is 5.65. The lowest BCUT2D eigenvalue weighted by atomic mass is 9.92. The number of aromatic hydroxyl groups is 1. The number of aliphatic imine (C=N–C) groups is 1. The smallest absolute Gasteiger partial charge is 0.115 e. The second kappa shape index (κ2) is 11.2. The number of phenols is 1. The molecule has 3 aromatic rings. The van der Waals surface area contributed by atoms with E-state index in [0.29, 0.717) is 0 Å². The molecule has 0 atom stereocenters. The van der Waals surface area contributed by atoms with Crippen molar-refractivity contribution in [2.45, 2.75) is 73.1 Å². The fraction of sp³-hybridized carbons (Fsp3) is 0.367. The van der Waals surface area contributed by atoms with Crippen molar-refractivity contribution in [2.75, 3.05) is 5.73 Å². The van der Waals surface area contributed by atoms with Gasteiger partial charge in [-0.05, 0) is 102 Å². The van der Waals surface area contributed by atoms with Gasteiger partial charge in [0.1, 0.15) is 5.75 Å². The molecule has 0 fully saturated rings. The molecule has 3 nitrogen and oxygen atoms in total. The molecule has 0 spiro atoms. The van der Waals surface area contributed by atoms with Crippen LogP contribution in [0.4, 0.5) is 11.4 Å². The lowest BCUT2D eigenvalue weighted by Crippen LogP contribution is -2.03. The molecule has 0 heterocycles. The number of nitrogen functional groups attached to an aromatic ring is 1. The molecule has 3 rings (SSSR count). The second-order valence-electron chi connectivity index (χ2n) is 8.64. The maximum atomic E-state index is 9.65. The van der Waals surface area contributed by atoms with Crippen LogP contribution in [0.1, 0.15) is 80.0 Å². The summed E-state index contributed by atoms with van der Waals surface area (Å²) in [6.45, 7) is 10.9. The SMILES string of the molecule is CCC(=Nc1c(CC)cc(Cc2cc(CC)c(N)c(CC)c2)cc1CC)c1ccc(O)cc1. The van der Waals surface area contributed by atoms with E-state index in [1.54, 1.807) is 12.1 Å². The summed E-state index contributed by atoms with van der Waals surface area (Å²) in [5.41, 5.74) is 18.3. The second-order valence-corrected chi connectivity index (χ2v) is 8.64. The molecule has 0 aliphatic heterocycles. The minimum atomic E-state index is 0.280. The van der Waals surface area contributed by atoms with E-state index in [-0.39, 0.29) is 5.75 Å². The molecule has 0 amide bonds. The lowest BCUT2D eigenvalue weighted by molar-refractivity contribution is 0.475. The molecule has 0 aromatic heterocycles. The standard InChI is InChI=1S/C30H38N2O/c1-6-22-16-20(17-23(7-2)29(22)31)15-21-18-24(8-3)30(25(9-4)19-21)32-28(10-5)26-11-13-27(33)14-12-26/h11-14,16-19,33H,6-10,15,31H2,1-5H3. The summed E-state index contributed by atoms with van der Waals surface area (Å²) in [6, 6.07) is 16.6. The van der Waals surface area contributed by atoms with Crippen LogP contribution in [0.5, 0.6) is 5.75 Å². The first-order valence-electron chi connectivity index (χ1n) is 12.4. The van der Waals surface area contributed by atoms with Gasteiger partial charge in [0, 0.05) is 11.4 Å². The first-order valence-corrected chi connectivity index (χ1v) is 12.4. The van der Waals surface area contributed by atoms with Crippen LogP contribution in [-0.4, -0.2) is 10.8 Å². The van der Waals surface area contributed by atoms with Gasteiger partial charge in [0.25, 0.3) is 0 Å². The first kappa shape index (κ1) is 24.6. The molecule has 0 unspecified atom stereocenters. The number of nitrogens with zero attached hydrogens (tertiary/aromatic N) is 1. The molecular formula is C30H38N2O. The third-order valence-corrected chi connectivity index (χ3v) is 6.45. The van der Waals surface area contributed by atoms with Crippen LogP contribution in [0.15, 0.2) is 53.5 Å². The van der Waals surface area contributed by atoms with Crippen LogP contribution in [0.3, 0.4) is 0 Å². The summed E-state index contributed by atoms with van der Waals surface area (Å²) >= 11 is 0. The van der Waals surface area contributed by atoms with Gasteiger partial charge in [0.15, 0.2) is 0 Å². The fourth-order valence-corrected chi connectivity index (χ4v) is 4.53. The van der Waals surface area contributed by atoms with E-state index in [1.807, 2.05) is 12.1 Å². The third-order valence-electron chi connectivity index (χ3n) is 6.45. The number of hydrogen-bond acceptors (Lipinski definition) is 3. The Morgan fingerprint density at radius 2 is 1.18 bits per heavy atom. The Morgan fingerprint density at radius 1 is 0.727 bits per heavy atom. The molecule has 0 radical (unpaired) electrons. The van der Waals surface area contributed by atoms with Crippen LogP contribution in [-0.2, 0) is 32.1 Å². The Hall–Kier alpha value is -3.07. The van der Waals surface area contributed by atoms with Crippen molar-refractivity contribution in [2.24, 2.45) is 4.99 Å². The quantitative estimate of drug-likeness (QED) is 0.269. The van der Waals surface area contributed by atoms with Crippen LogP contribution in [0.2, 0.25) is 0 Å². The first-order chi connectivity index (χ1) is 15.9. The van der Waals surface area contributed by atoms with Gasteiger partial charge in [-0.15, -0.1) is 0 Å². The van der Waals surface area contributed by atoms with Crippen molar-refractivity contribution in [3.8, 4) is 5.75 Å². The number of anilines is 1. The van der Waals surface area contributed by atoms with Crippen molar-refractivity contribution >= 4 is 17.1 Å². The number of benzene rings is 3. The summed E-state index contributed by atoms with van der Waals surface area (Å²) in [6.07, 6.45) is 5.53. The van der Waals surface area contributed by atoms with Crippen molar-refractivity contribution in [3.05, 3.63) is 87.5 Å². The van der Waals surface area contributed by atoms with E-state index < -0.39 is 0 Å². The number of hydrogen-bond donors (Lipinski definition) is 2. The average Bonchev–Trinajstić information content (AvgIpc) is 2.84. The molecule has 0 aliphatic carbocycles. The monoisotopic (exact) mass is 442 g/mol. The number of rotatable bonds is 9. The highest BCUT2D eigenvalue weighted by molar-refractivity contribution is 6.02. The molecule has 3 N–H and O–H groups in total. The van der Waals surface area contributed by atoms with Gasteiger partial charge >= 0.3 is 0 Å². The van der Waals surface area contributed by atoms with Crippen LogP contribution in [0.25, 0.3) is 0 Å². The predicted octanol–water partition coefficient (Wildman–Crippen LogP) is 7.35. The zero-order valence-electron chi connectivity index (χ0n) is 20.8. The summed E-state index contributed by atoms with van der Waals surface area (Å²) in [5, 5.41) is 9.65.